The summed E-state index contributed by atoms with van der Waals surface area (Å²) < 4.78 is 31.8. The van der Waals surface area contributed by atoms with Gasteiger partial charge in [-0.1, -0.05) is 255 Å². The van der Waals surface area contributed by atoms with Gasteiger partial charge in [0.2, 0.25) is 0 Å². The molecule has 0 saturated heterocycles. The molecule has 0 fully saturated rings. The van der Waals surface area contributed by atoms with E-state index in [2.05, 4.69) is 289 Å². The first kappa shape index (κ1) is 73.5. The van der Waals surface area contributed by atoms with Crippen LogP contribution in [0.2, 0.25) is 0 Å². The summed E-state index contributed by atoms with van der Waals surface area (Å²) in [7, 11) is 0. The summed E-state index contributed by atoms with van der Waals surface area (Å²) in [6, 6.07) is 77.1. The molecule has 511 valence electrons. The van der Waals surface area contributed by atoms with Crippen LogP contribution in [0.15, 0.2) is 226 Å². The molecule has 3 heterocycles. The van der Waals surface area contributed by atoms with E-state index in [4.69, 9.17) is 18.9 Å². The topological polar surface area (TPSA) is 62.7 Å². The van der Waals surface area contributed by atoms with Gasteiger partial charge in [0.25, 0.3) is 0 Å². The molecule has 0 amide bonds. The van der Waals surface area contributed by atoms with Crippen molar-refractivity contribution in [2.45, 2.75) is 86.5 Å². The van der Waals surface area contributed by atoms with Gasteiger partial charge in [0.05, 0.1) is 31.8 Å². The summed E-state index contributed by atoms with van der Waals surface area (Å²) in [6.45, 7) is 20.3. The Morgan fingerprint density at radius 1 is 0.440 bits per heavy atom. The molecule has 2 aliphatic carbocycles. The molecule has 9 aromatic carbocycles. The maximum absolute atomic E-state index is 6.90. The second kappa shape index (κ2) is 34.3. The second-order valence-corrected chi connectivity index (χ2v) is 30.0. The molecular weight excluding hydrogens is 1620 g/mol. The van der Waals surface area contributed by atoms with Gasteiger partial charge in [0, 0.05) is 47.1 Å². The second-order valence-electron chi connectivity index (χ2n) is 26.2. The Hall–Kier alpha value is -7.73. The molecule has 100 heavy (non-hydrogen) atoms. The Bertz CT molecular complexity index is 4590. The van der Waals surface area contributed by atoms with Gasteiger partial charge in [0.15, 0.2) is 23.0 Å². The van der Waals surface area contributed by atoms with Gasteiger partial charge in [-0.05, 0) is 189 Å². The third-order valence-electron chi connectivity index (χ3n) is 18.9. The third kappa shape index (κ3) is 16.9. The number of thiophene rings is 1. The maximum Gasteiger partial charge on any atom is 0.161 e. The molecule has 0 N–H and O–H groups in total. The number of halogens is 3. The monoisotopic (exact) mass is 1710 g/mol. The predicted molar refractivity (Wildman–Crippen MR) is 426 cm³/mol. The van der Waals surface area contributed by atoms with Gasteiger partial charge < -0.3 is 28.9 Å². The Morgan fingerprint density at radius 3 is 1.39 bits per heavy atom. The molecular formula is C89H83Br3IrN2O4S-2. The van der Waals surface area contributed by atoms with E-state index in [1.165, 1.54) is 48.9 Å². The number of hydrogen-bond donors (Lipinski definition) is 0. The molecule has 11 heteroatoms. The minimum absolute atomic E-state index is 0. The molecule has 2 aliphatic rings. The number of ether oxygens (including phenoxy) is 4. The summed E-state index contributed by atoms with van der Waals surface area (Å²) >= 11 is 12.4. The first-order chi connectivity index (χ1) is 48.2. The van der Waals surface area contributed by atoms with Crippen molar-refractivity contribution >= 4 is 104 Å². The number of rotatable bonds is 22. The molecule has 14 rings (SSSR count). The number of nitrogens with zero attached hydrogens (tertiary/aromatic N) is 2. The van der Waals surface area contributed by atoms with Gasteiger partial charge in [-0.15, -0.1) is 53.4 Å². The van der Waals surface area contributed by atoms with Gasteiger partial charge in [-0.25, -0.2) is 11.3 Å². The first-order valence-electron chi connectivity index (χ1n) is 34.6. The molecule has 3 aromatic heterocycles. The number of fused-ring (bicyclic) bond motifs is 12. The molecule has 12 aromatic rings. The fraction of sp³-hybridized carbons (Fsp3) is 0.236. The van der Waals surface area contributed by atoms with Crippen molar-refractivity contribution in [2.75, 3.05) is 26.4 Å². The quantitative estimate of drug-likeness (QED) is 0.0498. The minimum Gasteiger partial charge on any atom is -0.489 e. The summed E-state index contributed by atoms with van der Waals surface area (Å²) in [5.41, 5.74) is 16.3. The zero-order valence-corrected chi connectivity index (χ0v) is 65.9. The van der Waals surface area contributed by atoms with Crippen molar-refractivity contribution in [1.82, 2.24) is 9.97 Å². The molecule has 1 spiro atoms. The van der Waals surface area contributed by atoms with Crippen LogP contribution in [0, 0.1) is 35.8 Å². The van der Waals surface area contributed by atoms with Crippen LogP contribution >= 0.6 is 59.1 Å². The molecule has 4 unspecified atom stereocenters. The average molecular weight is 1710 g/mol. The Morgan fingerprint density at radius 2 is 0.900 bits per heavy atom. The summed E-state index contributed by atoms with van der Waals surface area (Å²) in [5.74, 6) is 4.66. The van der Waals surface area contributed by atoms with Crippen LogP contribution in [0.5, 0.6) is 23.0 Å². The van der Waals surface area contributed by atoms with Crippen molar-refractivity contribution in [3.05, 3.63) is 283 Å². The van der Waals surface area contributed by atoms with Gasteiger partial charge in [0.1, 0.15) is 0 Å². The minimum atomic E-state index is -0.730. The third-order valence-corrected chi connectivity index (χ3v) is 21.6. The maximum atomic E-state index is 6.90. The van der Waals surface area contributed by atoms with E-state index < -0.39 is 5.41 Å². The van der Waals surface area contributed by atoms with Crippen LogP contribution in [-0.2, 0) is 25.5 Å². The number of aromatic nitrogens is 2. The van der Waals surface area contributed by atoms with Crippen LogP contribution in [0.1, 0.15) is 126 Å². The van der Waals surface area contributed by atoms with Crippen molar-refractivity contribution in [2.24, 2.45) is 23.7 Å². The first-order valence-corrected chi connectivity index (χ1v) is 37.8. The van der Waals surface area contributed by atoms with E-state index in [1.54, 1.807) is 11.3 Å². The van der Waals surface area contributed by atoms with E-state index in [1.807, 2.05) is 73.1 Å². The molecule has 6 nitrogen and oxygen atoms in total. The van der Waals surface area contributed by atoms with Gasteiger partial charge >= 0.3 is 0 Å². The predicted octanol–water partition coefficient (Wildman–Crippen LogP) is 25.8. The van der Waals surface area contributed by atoms with Crippen LogP contribution in [0.25, 0.3) is 89.2 Å². The largest absolute Gasteiger partial charge is 0.489 e. The SMILES string of the molecule is Brc1cc[c-]c(-c2nccc3ccccc23)c1.CCC(C)COc1cc2c(cc1OCC(C)CC)C1(c3cc(/C=C/c4ccc(Br)cc4)ccc3-c3ccc(/C=C/c4ccc(Br)cc4)cc31)c1cc(OCC(C)CC)c(OCC(C)CC)cc1-2.[Ir].[c-]1c(-c2ccccn2)sc2ccccc12. The summed E-state index contributed by atoms with van der Waals surface area (Å²) in [5, 5.41) is 3.53. The molecule has 0 aliphatic heterocycles. The van der Waals surface area contributed by atoms with Crippen molar-refractivity contribution in [3.63, 3.8) is 0 Å². The van der Waals surface area contributed by atoms with Crippen LogP contribution < -0.4 is 18.9 Å². The van der Waals surface area contributed by atoms with Crippen LogP contribution in [0.3, 0.4) is 0 Å². The normalized spacial score (nSPS) is 13.4. The van der Waals surface area contributed by atoms with E-state index in [-0.39, 0.29) is 20.1 Å². The summed E-state index contributed by atoms with van der Waals surface area (Å²) in [6.07, 6.45) is 16.6. The number of hydrogen-bond acceptors (Lipinski definition) is 7. The molecule has 1 radical (unpaired) electrons. The van der Waals surface area contributed by atoms with Crippen LogP contribution in [-0.4, -0.2) is 36.4 Å². The Labute approximate surface area is 634 Å². The Balaban J connectivity index is 0.000000245. The van der Waals surface area contributed by atoms with Gasteiger partial charge in [-0.3, -0.25) is 0 Å². The zero-order valence-electron chi connectivity index (χ0n) is 57.9. The van der Waals surface area contributed by atoms with E-state index >= 15 is 0 Å². The molecule has 0 saturated carbocycles. The van der Waals surface area contributed by atoms with Crippen LogP contribution in [0.4, 0.5) is 0 Å². The zero-order chi connectivity index (χ0) is 69.0. The smallest absolute Gasteiger partial charge is 0.161 e. The van der Waals surface area contributed by atoms with E-state index in [0.29, 0.717) is 50.1 Å². The van der Waals surface area contributed by atoms with Crippen molar-refractivity contribution in [1.29, 1.82) is 0 Å². The molecule has 0 bridgehead atoms. The van der Waals surface area contributed by atoms with Gasteiger partial charge in [-0.2, -0.15) is 0 Å². The standard InChI is InChI=1S/C61H66Br2O4.C15H9BrN.C13H8NS.Ir/c1-9-39(5)35-64-57-31-51-52-32-58(65-36-40(6)10-2)60(67-38-42(8)12-4)34-56(52)61(55(51)33-59(57)66-37-41(7)11-3)53-29-45(15-13-43-17-23-47(62)24-18-43)21-27-49(53)50-28-22-46(30-54(50)61)16-14-44-19-25-48(63)26-20-44;16-13-6-3-5-12(10-13)15-14-7-2-1-4-11(14)8-9-17-15;1-2-7-12-10(5-1)9-13(15-12)11-6-3-4-8-14-11;/h13-34,39-42H,9-12,35-38H2,1-8H3;1-4,6-10H;1-8H;/q;2*-1;/b15-13+,16-14+;;;. The number of benzene rings is 9. The van der Waals surface area contributed by atoms with E-state index in [0.717, 1.165) is 123 Å². The summed E-state index contributed by atoms with van der Waals surface area (Å²) in [4.78, 5) is 9.90. The van der Waals surface area contributed by atoms with Crippen molar-refractivity contribution in [3.8, 4) is 67.1 Å². The number of pyridine rings is 2. The molecule has 4 atom stereocenters. The average Bonchev–Trinajstić information content (AvgIpc) is 1.50. The Kier molecular flexibility index (Phi) is 25.2. The fourth-order valence-electron chi connectivity index (χ4n) is 12.3. The van der Waals surface area contributed by atoms with Crippen molar-refractivity contribution < 1.29 is 39.1 Å². The van der Waals surface area contributed by atoms with E-state index in [9.17, 15) is 0 Å². The fourth-order valence-corrected chi connectivity index (χ4v) is 14.2.